The van der Waals surface area contributed by atoms with Crippen molar-refractivity contribution >= 4 is 50.2 Å². The fourth-order valence-corrected chi connectivity index (χ4v) is 11.2. The third-order valence-corrected chi connectivity index (χ3v) is 15.1. The van der Waals surface area contributed by atoms with Gasteiger partial charge < -0.3 is 19.4 Å². The Balaban J connectivity index is 0.741. The van der Waals surface area contributed by atoms with Gasteiger partial charge in [0.1, 0.15) is 35.9 Å². The number of rotatable bonds is 11. The minimum absolute atomic E-state index is 0.00150. The van der Waals surface area contributed by atoms with E-state index < -0.39 is 51.0 Å². The zero-order valence-electron chi connectivity index (χ0n) is 36.3. The monoisotopic (exact) mass is 935 g/mol. The molecule has 0 saturated carbocycles. The third kappa shape index (κ3) is 8.71. The van der Waals surface area contributed by atoms with Crippen molar-refractivity contribution in [2.75, 3.05) is 55.4 Å². The molecule has 0 radical (unpaired) electrons. The van der Waals surface area contributed by atoms with Gasteiger partial charge in [-0.1, -0.05) is 0 Å². The number of fused-ring (bicyclic) bond motifs is 2. The number of aromatic nitrogens is 4. The molecule has 3 aromatic carbocycles. The summed E-state index contributed by atoms with van der Waals surface area (Å²) in [6.45, 7) is 4.60. The molecule has 3 amide bonds. The van der Waals surface area contributed by atoms with Crippen LogP contribution in [0, 0.1) is 23.1 Å². The molecule has 7 heterocycles. The minimum Gasteiger partial charge on any atom is -0.453 e. The van der Waals surface area contributed by atoms with E-state index in [4.69, 9.17) is 9.84 Å². The van der Waals surface area contributed by atoms with Crippen LogP contribution in [0.3, 0.4) is 0 Å². The van der Waals surface area contributed by atoms with Crippen LogP contribution in [0.1, 0.15) is 72.5 Å². The first-order valence-electron chi connectivity index (χ1n) is 22.5. The second-order valence-electron chi connectivity index (χ2n) is 17.8. The van der Waals surface area contributed by atoms with Crippen LogP contribution in [-0.2, 0) is 26.3 Å². The molecule has 4 saturated heterocycles. The maximum Gasteiger partial charge on any atom is 0.301 e. The molecule has 2 atom stereocenters. The summed E-state index contributed by atoms with van der Waals surface area (Å²) in [5.74, 6) is -1.46. The molecule has 21 heteroatoms. The van der Waals surface area contributed by atoms with Gasteiger partial charge in [-0.15, -0.1) is 0 Å². The average Bonchev–Trinajstić information content (AvgIpc) is 4.08. The topological polar surface area (TPSA) is 208 Å². The standard InChI is InChI=1S/C46H47F2N11O7S/c47-30-11-19-56(26-30)67(64,65)53-39-6-4-37(48)43(36(39)23-49)66-33-2-5-38-35(22-33)46(63)58(27-50-38)41-14-20-59(52-41)31-12-15-54(16-13-31)24-28-9-17-55(18-10-28)32-1-3-34-29(21-32)25-57(45(34)62)40-7-8-42(60)51-44(40)61/h1-6,14,20-22,27-28,30-31,40,53H,7-13,15-19,24-26H2,(H,51,60,61)/t30?,40-/m0/s1. The maximum atomic E-state index is 15.2. The van der Waals surface area contributed by atoms with Crippen LogP contribution in [0.15, 0.2) is 71.9 Å². The number of carbonyl (C=O) groups excluding carboxylic acids is 3. The lowest BCUT2D eigenvalue weighted by Gasteiger charge is -2.38. The molecule has 348 valence electrons. The predicted octanol–water partition coefficient (Wildman–Crippen LogP) is 4.40. The first-order chi connectivity index (χ1) is 32.3. The normalized spacial score (nSPS) is 21.2. The Kier molecular flexibility index (Phi) is 11.7. The van der Waals surface area contributed by atoms with E-state index in [-0.39, 0.29) is 60.6 Å². The summed E-state index contributed by atoms with van der Waals surface area (Å²) in [5.41, 5.74) is 1.80. The van der Waals surface area contributed by atoms with Gasteiger partial charge in [-0.25, -0.2) is 18.3 Å². The molecule has 4 fully saturated rings. The van der Waals surface area contributed by atoms with Crippen LogP contribution < -0.4 is 25.2 Å². The number of nitriles is 1. The molecule has 5 aliphatic rings. The van der Waals surface area contributed by atoms with Gasteiger partial charge in [0, 0.05) is 82.3 Å². The number of halogens is 2. The number of ether oxygens (including phenoxy) is 1. The lowest BCUT2D eigenvalue weighted by atomic mass is 9.94. The number of nitrogens with one attached hydrogen (secondary N) is 2. The Bertz CT molecular complexity index is 3010. The minimum atomic E-state index is -4.25. The summed E-state index contributed by atoms with van der Waals surface area (Å²) < 4.78 is 67.0. The fourth-order valence-electron chi connectivity index (χ4n) is 9.93. The van der Waals surface area contributed by atoms with Crippen molar-refractivity contribution in [3.05, 3.63) is 100.0 Å². The number of amides is 3. The van der Waals surface area contributed by atoms with Crippen molar-refractivity contribution in [2.45, 2.75) is 69.7 Å². The molecule has 5 aromatic rings. The lowest BCUT2D eigenvalue weighted by molar-refractivity contribution is -0.136. The van der Waals surface area contributed by atoms with Crippen molar-refractivity contribution < 1.29 is 36.3 Å². The van der Waals surface area contributed by atoms with Crippen LogP contribution in [0.2, 0.25) is 0 Å². The molecule has 0 spiro atoms. The zero-order valence-corrected chi connectivity index (χ0v) is 37.1. The molecular formula is C46H47F2N11O7S. The smallest absolute Gasteiger partial charge is 0.301 e. The lowest BCUT2D eigenvalue weighted by Crippen LogP contribution is -2.52. The highest BCUT2D eigenvalue weighted by molar-refractivity contribution is 7.90. The number of alkyl halides is 1. The molecule has 2 aromatic heterocycles. The molecule has 67 heavy (non-hydrogen) atoms. The van der Waals surface area contributed by atoms with Crippen molar-refractivity contribution in [1.82, 2.24) is 38.8 Å². The van der Waals surface area contributed by atoms with Crippen LogP contribution in [-0.4, -0.2) is 118 Å². The summed E-state index contributed by atoms with van der Waals surface area (Å²) in [7, 11) is -4.25. The fraction of sp³-hybridized carbons (Fsp3) is 0.413. The first-order valence-corrected chi connectivity index (χ1v) is 23.9. The van der Waals surface area contributed by atoms with Crippen LogP contribution in [0.25, 0.3) is 16.7 Å². The Labute approximate surface area is 383 Å². The largest absolute Gasteiger partial charge is 0.453 e. The van der Waals surface area contributed by atoms with Crippen molar-refractivity contribution in [1.29, 1.82) is 5.26 Å². The molecule has 5 aliphatic heterocycles. The van der Waals surface area contributed by atoms with E-state index in [2.05, 4.69) is 30.9 Å². The molecule has 1 unspecified atom stereocenters. The van der Waals surface area contributed by atoms with Gasteiger partial charge >= 0.3 is 10.2 Å². The van der Waals surface area contributed by atoms with E-state index in [0.717, 1.165) is 86.1 Å². The number of imide groups is 1. The molecule has 18 nitrogen and oxygen atoms in total. The van der Waals surface area contributed by atoms with Crippen molar-refractivity contribution in [3.8, 4) is 23.4 Å². The van der Waals surface area contributed by atoms with Gasteiger partial charge in [0.05, 0.1) is 22.6 Å². The number of carbonyl (C=O) groups is 3. The Morgan fingerprint density at radius 2 is 1.73 bits per heavy atom. The first kappa shape index (κ1) is 44.1. The van der Waals surface area contributed by atoms with Crippen LogP contribution in [0.5, 0.6) is 11.5 Å². The number of nitrogens with zero attached hydrogens (tertiary/aromatic N) is 9. The van der Waals surface area contributed by atoms with E-state index in [1.165, 1.54) is 29.1 Å². The maximum absolute atomic E-state index is 15.2. The van der Waals surface area contributed by atoms with E-state index in [0.29, 0.717) is 35.8 Å². The SMILES string of the molecule is N#Cc1c(NS(=O)(=O)N2CCC(F)C2)ccc(F)c1Oc1ccc2ncn(-c3ccn(C4CCN(CC5CCN(c6ccc7c(c6)CN([C@H]6CCC(=O)NC6=O)C7=O)CC5)CC4)n3)c(=O)c2c1. The van der Waals surface area contributed by atoms with Crippen molar-refractivity contribution in [3.63, 3.8) is 0 Å². The number of benzene rings is 3. The predicted molar refractivity (Wildman–Crippen MR) is 240 cm³/mol. The van der Waals surface area contributed by atoms with Crippen LogP contribution in [0.4, 0.5) is 20.2 Å². The molecular weight excluding hydrogens is 889 g/mol. The molecule has 0 bridgehead atoms. The summed E-state index contributed by atoms with van der Waals surface area (Å²) in [6.07, 6.45) is 6.39. The Morgan fingerprint density at radius 1 is 0.925 bits per heavy atom. The summed E-state index contributed by atoms with van der Waals surface area (Å²) in [4.78, 5) is 62.1. The van der Waals surface area contributed by atoms with Gasteiger partial charge in [-0.05, 0) is 98.5 Å². The van der Waals surface area contributed by atoms with E-state index in [1.54, 1.807) is 17.0 Å². The van der Waals surface area contributed by atoms with Gasteiger partial charge in [0.25, 0.3) is 11.5 Å². The van der Waals surface area contributed by atoms with Gasteiger partial charge in [-0.3, -0.25) is 33.9 Å². The van der Waals surface area contributed by atoms with E-state index >= 15 is 4.39 Å². The van der Waals surface area contributed by atoms with E-state index in [1.807, 2.05) is 23.0 Å². The highest BCUT2D eigenvalue weighted by atomic mass is 32.2. The van der Waals surface area contributed by atoms with Gasteiger partial charge in [0.2, 0.25) is 11.8 Å². The number of hydrogen-bond donors (Lipinski definition) is 2. The van der Waals surface area contributed by atoms with Crippen LogP contribution >= 0.6 is 0 Å². The number of piperidine rings is 3. The van der Waals surface area contributed by atoms with Gasteiger partial charge in [-0.2, -0.15) is 23.1 Å². The summed E-state index contributed by atoms with van der Waals surface area (Å²) in [6, 6.07) is 15.4. The highest BCUT2D eigenvalue weighted by Gasteiger charge is 2.40. The van der Waals surface area contributed by atoms with Crippen molar-refractivity contribution in [2.24, 2.45) is 5.92 Å². The zero-order chi connectivity index (χ0) is 46.6. The second-order valence-corrected chi connectivity index (χ2v) is 19.5. The number of likely N-dealkylation sites (tertiary alicyclic amines) is 1. The summed E-state index contributed by atoms with van der Waals surface area (Å²) in [5, 5.41) is 17.2. The van der Waals surface area contributed by atoms with E-state index in [9.17, 15) is 37.2 Å². The third-order valence-electron chi connectivity index (χ3n) is 13.6. The molecule has 0 aliphatic carbocycles. The molecule has 2 N–H and O–H groups in total. The quantitative estimate of drug-likeness (QED) is 0.177. The second kappa shape index (κ2) is 17.8. The van der Waals surface area contributed by atoms with Gasteiger partial charge in [0.15, 0.2) is 17.4 Å². The Hall–Kier alpha value is -6.76. The summed E-state index contributed by atoms with van der Waals surface area (Å²) >= 11 is 0. The number of anilines is 2. The average molecular weight is 936 g/mol. The number of hydrogen-bond acceptors (Lipinski definition) is 12. The Morgan fingerprint density at radius 3 is 2.48 bits per heavy atom. The highest BCUT2D eigenvalue weighted by Crippen LogP contribution is 2.36. The molecule has 10 rings (SSSR count).